The number of carbonyl (C=O) groups excluding carboxylic acids is 1. The number of carboxylic acid groups (broad SMARTS) is 1. The van der Waals surface area contributed by atoms with Gasteiger partial charge in [0.25, 0.3) is 0 Å². The van der Waals surface area contributed by atoms with Crippen molar-refractivity contribution in [1.82, 2.24) is 5.32 Å². The Hall–Kier alpha value is -1.10. The molecule has 0 aromatic heterocycles. The van der Waals surface area contributed by atoms with E-state index in [4.69, 9.17) is 9.84 Å². The average molecular weight is 243 g/mol. The van der Waals surface area contributed by atoms with E-state index in [1.54, 1.807) is 7.11 Å². The van der Waals surface area contributed by atoms with Crippen LogP contribution < -0.4 is 5.32 Å². The highest BCUT2D eigenvalue weighted by Crippen LogP contribution is 2.26. The van der Waals surface area contributed by atoms with E-state index in [9.17, 15) is 9.59 Å². The number of nitrogens with one attached hydrogen (secondary N) is 1. The third-order valence-electron chi connectivity index (χ3n) is 3.29. The maximum Gasteiger partial charge on any atom is 0.306 e. The predicted octanol–water partition coefficient (Wildman–Crippen LogP) is 1.17. The normalized spacial score (nSPS) is 24.6. The highest BCUT2D eigenvalue weighted by Gasteiger charge is 2.31. The molecule has 98 valence electrons. The molecule has 2 atom stereocenters. The lowest BCUT2D eigenvalue weighted by Gasteiger charge is -2.23. The molecule has 1 fully saturated rings. The van der Waals surface area contributed by atoms with Crippen LogP contribution in [0.25, 0.3) is 0 Å². The van der Waals surface area contributed by atoms with Crippen LogP contribution in [0.2, 0.25) is 0 Å². The molecular weight excluding hydrogens is 222 g/mol. The van der Waals surface area contributed by atoms with Crippen LogP contribution in [0.15, 0.2) is 0 Å². The minimum absolute atomic E-state index is 0.00347. The second-order valence-corrected chi connectivity index (χ2v) is 5.25. The SMILES string of the molecule is COC(C)(C)CC(=O)NC1CCC(C(=O)O)C1. The summed E-state index contributed by atoms with van der Waals surface area (Å²) in [5.74, 6) is -1.15. The molecule has 5 heteroatoms. The maximum atomic E-state index is 11.7. The van der Waals surface area contributed by atoms with E-state index in [2.05, 4.69) is 5.32 Å². The van der Waals surface area contributed by atoms with E-state index in [-0.39, 0.29) is 24.3 Å². The van der Waals surface area contributed by atoms with Gasteiger partial charge < -0.3 is 15.2 Å². The molecule has 1 saturated carbocycles. The number of aliphatic carboxylic acids is 1. The van der Waals surface area contributed by atoms with Crippen molar-refractivity contribution in [2.24, 2.45) is 5.92 Å². The van der Waals surface area contributed by atoms with Crippen molar-refractivity contribution in [1.29, 1.82) is 0 Å². The molecule has 0 radical (unpaired) electrons. The van der Waals surface area contributed by atoms with Gasteiger partial charge in [-0.25, -0.2) is 0 Å². The Kier molecular flexibility index (Phi) is 4.51. The molecule has 2 N–H and O–H groups in total. The number of ether oxygens (including phenoxy) is 1. The second-order valence-electron chi connectivity index (χ2n) is 5.25. The molecule has 0 saturated heterocycles. The molecule has 0 bridgehead atoms. The lowest BCUT2D eigenvalue weighted by atomic mass is 10.0. The van der Waals surface area contributed by atoms with E-state index in [1.165, 1.54) is 0 Å². The van der Waals surface area contributed by atoms with Gasteiger partial charge in [-0.3, -0.25) is 9.59 Å². The zero-order valence-corrected chi connectivity index (χ0v) is 10.7. The van der Waals surface area contributed by atoms with Crippen LogP contribution in [0, 0.1) is 5.92 Å². The van der Waals surface area contributed by atoms with Crippen molar-refractivity contribution in [2.75, 3.05) is 7.11 Å². The summed E-state index contributed by atoms with van der Waals surface area (Å²) < 4.78 is 5.18. The van der Waals surface area contributed by atoms with Crippen molar-refractivity contribution < 1.29 is 19.4 Å². The standard InChI is InChI=1S/C12H21NO4/c1-12(2,17-3)7-10(14)13-9-5-4-8(6-9)11(15)16/h8-9H,4-7H2,1-3H3,(H,13,14)(H,15,16). The molecular formula is C12H21NO4. The van der Waals surface area contributed by atoms with Crippen LogP contribution >= 0.6 is 0 Å². The van der Waals surface area contributed by atoms with E-state index < -0.39 is 11.6 Å². The molecule has 5 nitrogen and oxygen atoms in total. The van der Waals surface area contributed by atoms with Gasteiger partial charge in [0.1, 0.15) is 0 Å². The second kappa shape index (κ2) is 5.49. The first kappa shape index (κ1) is 14.0. The largest absolute Gasteiger partial charge is 0.481 e. The molecule has 17 heavy (non-hydrogen) atoms. The van der Waals surface area contributed by atoms with Crippen molar-refractivity contribution in [3.05, 3.63) is 0 Å². The van der Waals surface area contributed by atoms with Crippen molar-refractivity contribution >= 4 is 11.9 Å². The fraction of sp³-hybridized carbons (Fsp3) is 0.833. The van der Waals surface area contributed by atoms with Crippen LogP contribution in [0.3, 0.4) is 0 Å². The van der Waals surface area contributed by atoms with Crippen molar-refractivity contribution in [3.63, 3.8) is 0 Å². The summed E-state index contributed by atoms with van der Waals surface area (Å²) in [5, 5.41) is 11.7. The Morgan fingerprint density at radius 2 is 2.06 bits per heavy atom. The zero-order valence-electron chi connectivity index (χ0n) is 10.7. The minimum Gasteiger partial charge on any atom is -0.481 e. The number of hydrogen-bond acceptors (Lipinski definition) is 3. The van der Waals surface area contributed by atoms with Crippen LogP contribution in [0.5, 0.6) is 0 Å². The van der Waals surface area contributed by atoms with Crippen LogP contribution in [-0.4, -0.2) is 35.7 Å². The van der Waals surface area contributed by atoms with Gasteiger partial charge >= 0.3 is 5.97 Å². The summed E-state index contributed by atoms with van der Waals surface area (Å²) in [4.78, 5) is 22.5. The summed E-state index contributed by atoms with van der Waals surface area (Å²) >= 11 is 0. The number of hydrogen-bond donors (Lipinski definition) is 2. The highest BCUT2D eigenvalue weighted by molar-refractivity contribution is 5.77. The quantitative estimate of drug-likeness (QED) is 0.760. The van der Waals surface area contributed by atoms with Gasteiger partial charge in [0, 0.05) is 13.2 Å². The van der Waals surface area contributed by atoms with Crippen LogP contribution in [0.1, 0.15) is 39.5 Å². The highest BCUT2D eigenvalue weighted by atomic mass is 16.5. The smallest absolute Gasteiger partial charge is 0.306 e. The van der Waals surface area contributed by atoms with Crippen molar-refractivity contribution in [2.45, 2.75) is 51.2 Å². The Balaban J connectivity index is 2.36. The van der Waals surface area contributed by atoms with Gasteiger partial charge in [-0.05, 0) is 33.1 Å². The van der Waals surface area contributed by atoms with Gasteiger partial charge in [-0.15, -0.1) is 0 Å². The topological polar surface area (TPSA) is 75.6 Å². The number of carboxylic acids is 1. The molecule has 0 aliphatic heterocycles. The summed E-state index contributed by atoms with van der Waals surface area (Å²) in [7, 11) is 1.57. The monoisotopic (exact) mass is 243 g/mol. The third kappa shape index (κ3) is 4.34. The fourth-order valence-corrected chi connectivity index (χ4v) is 2.07. The van der Waals surface area contributed by atoms with Gasteiger partial charge in [-0.1, -0.05) is 0 Å². The number of carbonyl (C=O) groups is 2. The molecule has 1 amide bonds. The molecule has 0 aromatic carbocycles. The van der Waals surface area contributed by atoms with E-state index >= 15 is 0 Å². The first-order chi connectivity index (χ1) is 7.84. The van der Waals surface area contributed by atoms with Crippen LogP contribution in [0.4, 0.5) is 0 Å². The molecule has 2 unspecified atom stereocenters. The predicted molar refractivity (Wildman–Crippen MR) is 62.6 cm³/mol. The molecule has 1 rings (SSSR count). The lowest BCUT2D eigenvalue weighted by Crippen LogP contribution is -2.38. The third-order valence-corrected chi connectivity index (χ3v) is 3.29. The Bertz CT molecular complexity index is 301. The molecule has 0 aromatic rings. The number of methoxy groups -OCH3 is 1. The van der Waals surface area contributed by atoms with E-state index in [1.807, 2.05) is 13.8 Å². The number of amides is 1. The zero-order chi connectivity index (χ0) is 13.1. The van der Waals surface area contributed by atoms with E-state index in [0.29, 0.717) is 12.8 Å². The Morgan fingerprint density at radius 1 is 1.41 bits per heavy atom. The summed E-state index contributed by atoms with van der Waals surface area (Å²) in [6.07, 6.45) is 2.22. The van der Waals surface area contributed by atoms with Gasteiger partial charge in [-0.2, -0.15) is 0 Å². The summed E-state index contributed by atoms with van der Waals surface area (Å²) in [5.41, 5.74) is -0.477. The van der Waals surface area contributed by atoms with Gasteiger partial charge in [0.15, 0.2) is 0 Å². The average Bonchev–Trinajstić information content (AvgIpc) is 2.65. The van der Waals surface area contributed by atoms with Gasteiger partial charge in [0.05, 0.1) is 17.9 Å². The molecule has 0 spiro atoms. The maximum absolute atomic E-state index is 11.7. The Labute approximate surface area is 102 Å². The molecule has 1 aliphatic carbocycles. The van der Waals surface area contributed by atoms with Crippen molar-refractivity contribution in [3.8, 4) is 0 Å². The first-order valence-corrected chi connectivity index (χ1v) is 5.91. The minimum atomic E-state index is -0.765. The van der Waals surface area contributed by atoms with E-state index in [0.717, 1.165) is 6.42 Å². The van der Waals surface area contributed by atoms with Gasteiger partial charge in [0.2, 0.25) is 5.91 Å². The molecule has 1 aliphatic rings. The molecule has 0 heterocycles. The number of rotatable bonds is 5. The lowest BCUT2D eigenvalue weighted by molar-refractivity contribution is -0.141. The fourth-order valence-electron chi connectivity index (χ4n) is 2.07. The summed E-state index contributed by atoms with van der Waals surface area (Å²) in [6.45, 7) is 3.70. The Morgan fingerprint density at radius 3 is 2.53 bits per heavy atom. The van der Waals surface area contributed by atoms with Crippen LogP contribution in [-0.2, 0) is 14.3 Å². The first-order valence-electron chi connectivity index (χ1n) is 5.91. The summed E-state index contributed by atoms with van der Waals surface area (Å²) in [6, 6.07) is -0.00347.